The maximum absolute atomic E-state index is 11.5. The van der Waals surface area contributed by atoms with E-state index in [4.69, 9.17) is 4.74 Å². The minimum atomic E-state index is -0.156. The second-order valence-corrected chi connectivity index (χ2v) is 9.43. The Balaban J connectivity index is 1.62. The van der Waals surface area contributed by atoms with Crippen LogP contribution >= 0.6 is 0 Å². The summed E-state index contributed by atoms with van der Waals surface area (Å²) in [6, 6.07) is 23.9. The van der Waals surface area contributed by atoms with Crippen molar-refractivity contribution >= 4 is 57.9 Å². The first-order valence-corrected chi connectivity index (χ1v) is 13.4. The van der Waals surface area contributed by atoms with Crippen molar-refractivity contribution < 1.29 is 14.3 Å². The summed E-state index contributed by atoms with van der Waals surface area (Å²) in [5, 5.41) is 17.8. The van der Waals surface area contributed by atoms with Gasteiger partial charge in [-0.3, -0.25) is 15.0 Å². The van der Waals surface area contributed by atoms with Crippen molar-refractivity contribution in [1.29, 1.82) is 0 Å². The van der Waals surface area contributed by atoms with Gasteiger partial charge in [0.2, 0.25) is 17.8 Å². The zero-order valence-corrected chi connectivity index (χ0v) is 24.5. The highest BCUT2D eigenvalue weighted by molar-refractivity contribution is 6.01. The van der Waals surface area contributed by atoms with Crippen LogP contribution in [-0.4, -0.2) is 40.3 Å². The van der Waals surface area contributed by atoms with E-state index >= 15 is 0 Å². The fraction of sp³-hybridized carbons (Fsp3) is 0.161. The molecule has 2 amide bonds. The number of nitrogens with one attached hydrogen (secondary N) is 5. The Morgan fingerprint density at radius 2 is 1.23 bits per heavy atom. The van der Waals surface area contributed by atoms with E-state index in [9.17, 15) is 9.59 Å². The Hall–Kier alpha value is -5.78. The SMILES string of the molecule is COc1ccccc1Nc1cc(NN=C(C)c2cccc(NC(C)=O)c2)nc(NN=C(C)c2cccc(NC(C)=O)c2)n1. The van der Waals surface area contributed by atoms with Crippen LogP contribution in [0.5, 0.6) is 5.75 Å². The van der Waals surface area contributed by atoms with Crippen LogP contribution in [0.4, 0.5) is 34.6 Å². The smallest absolute Gasteiger partial charge is 0.247 e. The van der Waals surface area contributed by atoms with Gasteiger partial charge in [-0.25, -0.2) is 5.43 Å². The number of rotatable bonds is 11. The molecule has 0 spiro atoms. The number of carbonyl (C=O) groups excluding carboxylic acids is 2. The average Bonchev–Trinajstić information content (AvgIpc) is 2.98. The van der Waals surface area contributed by atoms with Gasteiger partial charge in [-0.05, 0) is 61.4 Å². The third-order valence-electron chi connectivity index (χ3n) is 5.96. The summed E-state index contributed by atoms with van der Waals surface area (Å²) >= 11 is 0. The molecule has 4 aromatic rings. The third kappa shape index (κ3) is 8.85. The summed E-state index contributed by atoms with van der Waals surface area (Å²) in [4.78, 5) is 32.0. The van der Waals surface area contributed by atoms with Gasteiger partial charge in [0.25, 0.3) is 0 Å². The molecule has 43 heavy (non-hydrogen) atoms. The molecule has 0 aliphatic rings. The first kappa shape index (κ1) is 30.2. The molecule has 0 saturated carbocycles. The molecule has 12 heteroatoms. The predicted molar refractivity (Wildman–Crippen MR) is 171 cm³/mol. The van der Waals surface area contributed by atoms with Crippen LogP contribution in [0.1, 0.15) is 38.8 Å². The molecule has 0 radical (unpaired) electrons. The summed E-state index contributed by atoms with van der Waals surface area (Å²) in [5.74, 6) is 1.40. The van der Waals surface area contributed by atoms with Crippen molar-refractivity contribution in [2.75, 3.05) is 33.9 Å². The van der Waals surface area contributed by atoms with Crippen LogP contribution < -0.4 is 31.5 Å². The highest BCUT2D eigenvalue weighted by Gasteiger charge is 2.09. The molecule has 0 bridgehead atoms. The first-order chi connectivity index (χ1) is 20.7. The third-order valence-corrected chi connectivity index (χ3v) is 5.96. The average molecular weight is 580 g/mol. The maximum Gasteiger partial charge on any atom is 0.247 e. The molecule has 3 aromatic carbocycles. The van der Waals surface area contributed by atoms with Gasteiger partial charge in [0.15, 0.2) is 5.82 Å². The van der Waals surface area contributed by atoms with Gasteiger partial charge in [-0.2, -0.15) is 20.2 Å². The Morgan fingerprint density at radius 3 is 1.81 bits per heavy atom. The highest BCUT2D eigenvalue weighted by atomic mass is 16.5. The van der Waals surface area contributed by atoms with Gasteiger partial charge >= 0.3 is 0 Å². The largest absolute Gasteiger partial charge is 0.495 e. The number of anilines is 6. The second kappa shape index (κ2) is 14.2. The summed E-state index contributed by atoms with van der Waals surface area (Å²) < 4.78 is 5.47. The fourth-order valence-corrected chi connectivity index (χ4v) is 3.96. The Labute approximate surface area is 249 Å². The molecular weight excluding hydrogens is 546 g/mol. The molecule has 0 unspecified atom stereocenters. The molecule has 220 valence electrons. The standard InChI is InChI=1S/C31H33N9O3/c1-19(23-10-8-12-25(16-23)32-21(3)41)37-39-30-18-29(34-27-14-6-7-15-28(27)43-5)35-31(36-30)40-38-20(2)24-11-9-13-26(17-24)33-22(4)42/h6-18H,1-5H3,(H,32,41)(H,33,42)(H3,34,35,36,39,40). The fourth-order valence-electron chi connectivity index (χ4n) is 3.96. The summed E-state index contributed by atoms with van der Waals surface area (Å²) in [6.07, 6.45) is 0. The van der Waals surface area contributed by atoms with Gasteiger partial charge < -0.3 is 20.7 Å². The zero-order chi connectivity index (χ0) is 30.8. The number of hydrogen-bond donors (Lipinski definition) is 5. The molecule has 5 N–H and O–H groups in total. The van der Waals surface area contributed by atoms with E-state index in [0.29, 0.717) is 45.9 Å². The minimum Gasteiger partial charge on any atom is -0.495 e. The Bertz CT molecular complexity index is 1590. The molecule has 0 aliphatic heterocycles. The van der Waals surface area contributed by atoms with E-state index < -0.39 is 0 Å². The predicted octanol–water partition coefficient (Wildman–Crippen LogP) is 5.82. The molecule has 1 aromatic heterocycles. The van der Waals surface area contributed by atoms with Crippen LogP contribution in [0.3, 0.4) is 0 Å². The molecule has 4 rings (SSSR count). The van der Waals surface area contributed by atoms with Crippen LogP contribution in [0.2, 0.25) is 0 Å². The van der Waals surface area contributed by atoms with Gasteiger partial charge in [0.1, 0.15) is 11.6 Å². The molecule has 0 atom stereocenters. The molecule has 0 fully saturated rings. The minimum absolute atomic E-state index is 0.153. The topological polar surface area (TPSA) is 154 Å². The number of ether oxygens (including phenoxy) is 1. The Morgan fingerprint density at radius 1 is 0.674 bits per heavy atom. The lowest BCUT2D eigenvalue weighted by molar-refractivity contribution is -0.115. The van der Waals surface area contributed by atoms with Gasteiger partial charge in [0.05, 0.1) is 24.2 Å². The molecule has 1 heterocycles. The van der Waals surface area contributed by atoms with Crippen molar-refractivity contribution in [2.45, 2.75) is 27.7 Å². The Kier molecular flexibility index (Phi) is 9.98. The first-order valence-electron chi connectivity index (χ1n) is 13.4. The van der Waals surface area contributed by atoms with E-state index in [1.165, 1.54) is 13.8 Å². The molecule has 0 saturated heterocycles. The maximum atomic E-state index is 11.5. The van der Waals surface area contributed by atoms with Crippen molar-refractivity contribution in [1.82, 2.24) is 9.97 Å². The summed E-state index contributed by atoms with van der Waals surface area (Å²) in [5.41, 5.74) is 10.9. The highest BCUT2D eigenvalue weighted by Crippen LogP contribution is 2.27. The zero-order valence-electron chi connectivity index (χ0n) is 24.5. The van der Waals surface area contributed by atoms with Gasteiger partial charge in [-0.15, -0.1) is 0 Å². The number of carbonyl (C=O) groups is 2. The van der Waals surface area contributed by atoms with Crippen LogP contribution in [0.25, 0.3) is 0 Å². The van der Waals surface area contributed by atoms with E-state index in [0.717, 1.165) is 11.1 Å². The molecular formula is C31H33N9O3. The lowest BCUT2D eigenvalue weighted by Crippen LogP contribution is -2.09. The number of benzene rings is 3. The number of methoxy groups -OCH3 is 1. The number of aromatic nitrogens is 2. The molecule has 0 aliphatic carbocycles. The lowest BCUT2D eigenvalue weighted by Gasteiger charge is -2.13. The van der Waals surface area contributed by atoms with Crippen molar-refractivity contribution in [3.05, 3.63) is 90.0 Å². The number of nitrogens with zero attached hydrogens (tertiary/aromatic N) is 4. The van der Waals surface area contributed by atoms with E-state index in [2.05, 4.69) is 47.0 Å². The monoisotopic (exact) mass is 579 g/mol. The normalized spacial score (nSPS) is 11.4. The van der Waals surface area contributed by atoms with E-state index in [1.54, 1.807) is 19.2 Å². The van der Waals surface area contributed by atoms with Crippen molar-refractivity contribution in [2.24, 2.45) is 10.2 Å². The lowest BCUT2D eigenvalue weighted by atomic mass is 10.1. The van der Waals surface area contributed by atoms with Crippen molar-refractivity contribution in [3.63, 3.8) is 0 Å². The second-order valence-electron chi connectivity index (χ2n) is 9.43. The van der Waals surface area contributed by atoms with Gasteiger partial charge in [-0.1, -0.05) is 36.4 Å². The number of hydrogen-bond acceptors (Lipinski definition) is 10. The summed E-state index contributed by atoms with van der Waals surface area (Å²) in [7, 11) is 1.59. The van der Waals surface area contributed by atoms with E-state index in [-0.39, 0.29) is 17.8 Å². The van der Waals surface area contributed by atoms with Gasteiger partial charge in [0, 0.05) is 31.3 Å². The van der Waals surface area contributed by atoms with Crippen molar-refractivity contribution in [3.8, 4) is 5.75 Å². The number of hydrazone groups is 2. The quantitative estimate of drug-likeness (QED) is 0.110. The number of para-hydroxylation sites is 2. The van der Waals surface area contributed by atoms with Crippen LogP contribution in [0.15, 0.2) is 89.1 Å². The summed E-state index contributed by atoms with van der Waals surface area (Å²) in [6.45, 7) is 6.59. The number of amides is 2. The van der Waals surface area contributed by atoms with Crippen LogP contribution in [0, 0.1) is 0 Å². The van der Waals surface area contributed by atoms with E-state index in [1.807, 2.05) is 80.6 Å². The van der Waals surface area contributed by atoms with Crippen LogP contribution in [-0.2, 0) is 9.59 Å². The molecule has 12 nitrogen and oxygen atoms in total.